The highest BCUT2D eigenvalue weighted by Crippen LogP contribution is 2.36. The number of amides is 1. The molecule has 0 bridgehead atoms. The molecule has 1 atom stereocenters. The molecule has 26 heavy (non-hydrogen) atoms. The van der Waals surface area contributed by atoms with Crippen LogP contribution in [0.3, 0.4) is 0 Å². The smallest absolute Gasteiger partial charge is 0.237 e. The Morgan fingerprint density at radius 3 is 2.73 bits per heavy atom. The molecule has 1 amide bonds. The van der Waals surface area contributed by atoms with Crippen molar-refractivity contribution in [1.29, 1.82) is 0 Å². The Morgan fingerprint density at radius 2 is 2.08 bits per heavy atom. The molecule has 1 N–H and O–H groups in total. The van der Waals surface area contributed by atoms with Crippen LogP contribution in [-0.4, -0.2) is 20.7 Å². The number of thioether (sulfide) groups is 1. The Hall–Kier alpha value is -1.34. The lowest BCUT2D eigenvalue weighted by Crippen LogP contribution is -2.23. The SMILES string of the molecule is Cc1nc(SC(C)C(=O)Nc2ccc(Br)cc2F)n(C2CCCC2)c1C. The summed E-state index contributed by atoms with van der Waals surface area (Å²) in [5.74, 6) is -0.684. The highest BCUT2D eigenvalue weighted by molar-refractivity contribution is 9.10. The molecule has 1 unspecified atom stereocenters. The first-order valence-corrected chi connectivity index (χ1v) is 10.5. The Bertz CT molecular complexity index is 817. The number of aromatic nitrogens is 2. The van der Waals surface area contributed by atoms with Crippen LogP contribution in [-0.2, 0) is 4.79 Å². The van der Waals surface area contributed by atoms with Gasteiger partial charge in [0.05, 0.1) is 16.6 Å². The molecule has 1 aromatic heterocycles. The van der Waals surface area contributed by atoms with Crippen LogP contribution in [0.2, 0.25) is 0 Å². The van der Waals surface area contributed by atoms with Crippen molar-refractivity contribution in [3.05, 3.63) is 39.9 Å². The average Bonchev–Trinajstić information content (AvgIpc) is 3.19. The summed E-state index contributed by atoms with van der Waals surface area (Å²) < 4.78 is 16.9. The van der Waals surface area contributed by atoms with Gasteiger partial charge in [-0.05, 0) is 51.8 Å². The number of aryl methyl sites for hydroxylation is 1. The van der Waals surface area contributed by atoms with Gasteiger partial charge in [0, 0.05) is 16.2 Å². The van der Waals surface area contributed by atoms with Crippen molar-refractivity contribution in [2.75, 3.05) is 5.32 Å². The molecule has 0 aliphatic heterocycles. The van der Waals surface area contributed by atoms with E-state index < -0.39 is 5.82 Å². The van der Waals surface area contributed by atoms with E-state index in [2.05, 4.69) is 37.7 Å². The standard InChI is InChI=1S/C19H23BrFN3OS/c1-11-12(2)24(15-6-4-5-7-15)19(22-11)26-13(3)18(25)23-17-9-8-14(20)10-16(17)21/h8-10,13,15H,4-7H2,1-3H3,(H,23,25). The summed E-state index contributed by atoms with van der Waals surface area (Å²) in [5.41, 5.74) is 2.37. The number of hydrogen-bond acceptors (Lipinski definition) is 3. The molecule has 7 heteroatoms. The topological polar surface area (TPSA) is 46.9 Å². The maximum Gasteiger partial charge on any atom is 0.237 e. The fourth-order valence-corrected chi connectivity index (χ4v) is 4.71. The van der Waals surface area contributed by atoms with E-state index in [9.17, 15) is 9.18 Å². The fraction of sp³-hybridized carbons (Fsp3) is 0.474. The number of hydrogen-bond donors (Lipinski definition) is 1. The number of benzene rings is 1. The van der Waals surface area contributed by atoms with E-state index in [-0.39, 0.29) is 16.8 Å². The largest absolute Gasteiger partial charge is 0.323 e. The van der Waals surface area contributed by atoms with Gasteiger partial charge in [-0.3, -0.25) is 4.79 Å². The third-order valence-corrected chi connectivity index (χ3v) is 6.44. The van der Waals surface area contributed by atoms with E-state index in [1.54, 1.807) is 12.1 Å². The maximum atomic E-state index is 14.0. The van der Waals surface area contributed by atoms with Gasteiger partial charge in [-0.1, -0.05) is 40.5 Å². The molecular formula is C19H23BrFN3OS. The third kappa shape index (κ3) is 4.14. The average molecular weight is 440 g/mol. The number of imidazole rings is 1. The Balaban J connectivity index is 1.74. The van der Waals surface area contributed by atoms with Crippen LogP contribution in [0.4, 0.5) is 10.1 Å². The van der Waals surface area contributed by atoms with Gasteiger partial charge >= 0.3 is 0 Å². The van der Waals surface area contributed by atoms with Crippen molar-refractivity contribution < 1.29 is 9.18 Å². The van der Waals surface area contributed by atoms with Gasteiger partial charge in [-0.25, -0.2) is 9.37 Å². The first kappa shape index (κ1) is 19.4. The number of carbonyl (C=O) groups is 1. The van der Waals surface area contributed by atoms with Gasteiger partial charge in [0.15, 0.2) is 5.16 Å². The number of halogens is 2. The van der Waals surface area contributed by atoms with Crippen molar-refractivity contribution >= 4 is 39.3 Å². The molecule has 3 rings (SSSR count). The Kier molecular flexibility index (Phi) is 6.07. The van der Waals surface area contributed by atoms with Crippen LogP contribution >= 0.6 is 27.7 Å². The van der Waals surface area contributed by atoms with E-state index in [4.69, 9.17) is 0 Å². The number of nitrogens with zero attached hydrogens (tertiary/aromatic N) is 2. The summed E-state index contributed by atoms with van der Waals surface area (Å²) >= 11 is 4.65. The number of carbonyl (C=O) groups excluding carboxylic acids is 1. The predicted molar refractivity (Wildman–Crippen MR) is 107 cm³/mol. The lowest BCUT2D eigenvalue weighted by atomic mass is 10.2. The van der Waals surface area contributed by atoms with Crippen molar-refractivity contribution in [2.24, 2.45) is 0 Å². The predicted octanol–water partition coefficient (Wildman–Crippen LogP) is 5.64. The summed E-state index contributed by atoms with van der Waals surface area (Å²) in [5, 5.41) is 3.18. The van der Waals surface area contributed by atoms with Crippen LogP contribution in [0.15, 0.2) is 27.8 Å². The molecule has 0 saturated heterocycles. The van der Waals surface area contributed by atoms with Crippen LogP contribution in [0.5, 0.6) is 0 Å². The monoisotopic (exact) mass is 439 g/mol. The molecule has 1 saturated carbocycles. The molecule has 0 spiro atoms. The first-order valence-electron chi connectivity index (χ1n) is 8.85. The normalized spacial score (nSPS) is 16.0. The first-order chi connectivity index (χ1) is 12.4. The van der Waals surface area contributed by atoms with Gasteiger partial charge < -0.3 is 9.88 Å². The summed E-state index contributed by atoms with van der Waals surface area (Å²) in [6.07, 6.45) is 4.80. The van der Waals surface area contributed by atoms with Crippen LogP contribution in [0.25, 0.3) is 0 Å². The molecule has 1 aliphatic rings. The van der Waals surface area contributed by atoms with Crippen molar-refractivity contribution in [3.63, 3.8) is 0 Å². The summed E-state index contributed by atoms with van der Waals surface area (Å²) in [6, 6.07) is 5.07. The van der Waals surface area contributed by atoms with E-state index in [0.29, 0.717) is 10.5 Å². The van der Waals surface area contributed by atoms with Gasteiger partial charge in [0.1, 0.15) is 5.82 Å². The molecule has 0 radical (unpaired) electrons. The Morgan fingerprint density at radius 1 is 1.38 bits per heavy atom. The molecule has 1 heterocycles. The molecular weight excluding hydrogens is 417 g/mol. The number of nitrogens with one attached hydrogen (secondary N) is 1. The van der Waals surface area contributed by atoms with E-state index in [1.165, 1.54) is 36.4 Å². The molecule has 2 aromatic rings. The molecule has 1 aliphatic carbocycles. The van der Waals surface area contributed by atoms with Gasteiger partial charge in [0.25, 0.3) is 0 Å². The Labute approximate surface area is 166 Å². The van der Waals surface area contributed by atoms with Crippen LogP contribution < -0.4 is 5.32 Å². The van der Waals surface area contributed by atoms with Gasteiger partial charge in [-0.15, -0.1) is 0 Å². The van der Waals surface area contributed by atoms with E-state index >= 15 is 0 Å². The number of anilines is 1. The highest BCUT2D eigenvalue weighted by atomic mass is 79.9. The zero-order valence-electron chi connectivity index (χ0n) is 15.2. The summed E-state index contributed by atoms with van der Waals surface area (Å²) in [7, 11) is 0. The lowest BCUT2D eigenvalue weighted by Gasteiger charge is -2.19. The molecule has 1 fully saturated rings. The maximum absolute atomic E-state index is 14.0. The van der Waals surface area contributed by atoms with E-state index in [1.807, 2.05) is 13.8 Å². The zero-order chi connectivity index (χ0) is 18.8. The zero-order valence-corrected chi connectivity index (χ0v) is 17.6. The van der Waals surface area contributed by atoms with Crippen LogP contribution in [0, 0.1) is 19.7 Å². The fourth-order valence-electron chi connectivity index (χ4n) is 3.31. The highest BCUT2D eigenvalue weighted by Gasteiger charge is 2.26. The minimum atomic E-state index is -0.455. The minimum absolute atomic E-state index is 0.192. The summed E-state index contributed by atoms with van der Waals surface area (Å²) in [6.45, 7) is 5.93. The van der Waals surface area contributed by atoms with E-state index in [0.717, 1.165) is 23.7 Å². The van der Waals surface area contributed by atoms with Gasteiger partial charge in [-0.2, -0.15) is 0 Å². The second-order valence-corrected chi connectivity index (χ2v) is 8.97. The third-order valence-electron chi connectivity index (χ3n) is 4.88. The second-order valence-electron chi connectivity index (χ2n) is 6.75. The molecule has 140 valence electrons. The quantitative estimate of drug-likeness (QED) is 0.613. The number of rotatable bonds is 5. The van der Waals surface area contributed by atoms with Gasteiger partial charge in [0.2, 0.25) is 5.91 Å². The second kappa shape index (κ2) is 8.13. The summed E-state index contributed by atoms with van der Waals surface area (Å²) in [4.78, 5) is 17.2. The molecule has 1 aromatic carbocycles. The molecule has 4 nitrogen and oxygen atoms in total. The lowest BCUT2D eigenvalue weighted by molar-refractivity contribution is -0.115. The van der Waals surface area contributed by atoms with Crippen molar-refractivity contribution in [2.45, 2.75) is 62.9 Å². The van der Waals surface area contributed by atoms with Crippen molar-refractivity contribution in [1.82, 2.24) is 9.55 Å². The van der Waals surface area contributed by atoms with Crippen LogP contribution in [0.1, 0.15) is 50.0 Å². The minimum Gasteiger partial charge on any atom is -0.323 e. The van der Waals surface area contributed by atoms with Crippen molar-refractivity contribution in [3.8, 4) is 0 Å².